The standard InChI is InChI=1S/C24H29N7O6/c1-3-31-18(10-14(2)29-31)22(33)28-23-27-17-11-15(21(25)32)12-19(37-16-6-9-36-13-16)20(17)30(23)8-5-4-7-26-24(34)35/h4-5,10-12,16,26H,3,6-9,13H2,1-2H3,(H2,25,32)(H,34,35)(H,27,28,33). The van der Waals surface area contributed by atoms with Crippen molar-refractivity contribution < 1.29 is 29.0 Å². The Balaban J connectivity index is 1.77. The van der Waals surface area contributed by atoms with E-state index in [4.69, 9.17) is 20.3 Å². The summed E-state index contributed by atoms with van der Waals surface area (Å²) < 4.78 is 14.9. The number of amides is 3. The lowest BCUT2D eigenvalue weighted by Crippen LogP contribution is -2.21. The zero-order chi connectivity index (χ0) is 26.5. The third kappa shape index (κ3) is 5.89. The van der Waals surface area contributed by atoms with Gasteiger partial charge in [0, 0.05) is 31.6 Å². The molecule has 37 heavy (non-hydrogen) atoms. The second-order valence-electron chi connectivity index (χ2n) is 8.45. The Kier molecular flexibility index (Phi) is 7.72. The van der Waals surface area contributed by atoms with E-state index < -0.39 is 17.9 Å². The van der Waals surface area contributed by atoms with E-state index in [0.717, 1.165) is 0 Å². The Morgan fingerprint density at radius 3 is 2.78 bits per heavy atom. The highest BCUT2D eigenvalue weighted by atomic mass is 16.5. The number of nitrogens with zero attached hydrogens (tertiary/aromatic N) is 4. The highest BCUT2D eigenvalue weighted by Gasteiger charge is 2.24. The average Bonchev–Trinajstić information content (AvgIpc) is 3.57. The molecule has 1 saturated heterocycles. The second-order valence-corrected chi connectivity index (χ2v) is 8.45. The van der Waals surface area contributed by atoms with Gasteiger partial charge in [-0.25, -0.2) is 9.78 Å². The van der Waals surface area contributed by atoms with Gasteiger partial charge in [0.2, 0.25) is 11.9 Å². The summed E-state index contributed by atoms with van der Waals surface area (Å²) in [6.45, 7) is 5.50. The Morgan fingerprint density at radius 2 is 2.11 bits per heavy atom. The second kappa shape index (κ2) is 11.1. The summed E-state index contributed by atoms with van der Waals surface area (Å²) in [5.41, 5.74) is 7.79. The van der Waals surface area contributed by atoms with Crippen LogP contribution in [0, 0.1) is 6.92 Å². The van der Waals surface area contributed by atoms with Crippen LogP contribution >= 0.6 is 0 Å². The quantitative estimate of drug-likeness (QED) is 0.298. The van der Waals surface area contributed by atoms with Gasteiger partial charge in [-0.05, 0) is 32.0 Å². The summed E-state index contributed by atoms with van der Waals surface area (Å²) >= 11 is 0. The highest BCUT2D eigenvalue weighted by molar-refractivity contribution is 6.04. The molecule has 3 heterocycles. The van der Waals surface area contributed by atoms with E-state index in [2.05, 4.69) is 20.7 Å². The number of carbonyl (C=O) groups is 3. The zero-order valence-electron chi connectivity index (χ0n) is 20.6. The van der Waals surface area contributed by atoms with Gasteiger partial charge in [0.1, 0.15) is 23.1 Å². The van der Waals surface area contributed by atoms with Crippen LogP contribution in [0.1, 0.15) is 39.9 Å². The van der Waals surface area contributed by atoms with Crippen LogP contribution in [-0.2, 0) is 17.8 Å². The molecule has 0 aliphatic carbocycles. The lowest BCUT2D eigenvalue weighted by atomic mass is 10.1. The molecule has 1 aliphatic heterocycles. The first kappa shape index (κ1) is 25.7. The molecule has 1 unspecified atom stereocenters. The van der Waals surface area contributed by atoms with Crippen LogP contribution in [0.15, 0.2) is 30.4 Å². The van der Waals surface area contributed by atoms with Gasteiger partial charge < -0.3 is 30.2 Å². The summed E-state index contributed by atoms with van der Waals surface area (Å²) in [4.78, 5) is 40.5. The molecule has 0 radical (unpaired) electrons. The van der Waals surface area contributed by atoms with Crippen molar-refractivity contribution in [3.63, 3.8) is 0 Å². The fourth-order valence-electron chi connectivity index (χ4n) is 4.07. The van der Waals surface area contributed by atoms with Crippen LogP contribution in [0.4, 0.5) is 10.7 Å². The third-order valence-electron chi connectivity index (χ3n) is 5.76. The molecule has 196 valence electrons. The number of carboxylic acid groups (broad SMARTS) is 1. The largest absolute Gasteiger partial charge is 0.486 e. The molecule has 1 fully saturated rings. The number of nitrogens with one attached hydrogen (secondary N) is 2. The maximum Gasteiger partial charge on any atom is 0.404 e. The van der Waals surface area contributed by atoms with E-state index in [0.29, 0.717) is 54.4 Å². The molecule has 3 amide bonds. The molecule has 1 aromatic carbocycles. The third-order valence-corrected chi connectivity index (χ3v) is 5.76. The molecule has 13 nitrogen and oxygen atoms in total. The summed E-state index contributed by atoms with van der Waals surface area (Å²) in [5, 5.41) is 18.2. The Hall–Kier alpha value is -4.39. The number of benzene rings is 1. The minimum Gasteiger partial charge on any atom is -0.486 e. The van der Waals surface area contributed by atoms with Gasteiger partial charge >= 0.3 is 6.09 Å². The number of aromatic nitrogens is 4. The van der Waals surface area contributed by atoms with Crippen molar-refractivity contribution in [1.82, 2.24) is 24.6 Å². The fraction of sp³-hybridized carbons (Fsp3) is 0.375. The molecule has 0 spiro atoms. The number of aryl methyl sites for hydroxylation is 2. The number of carbonyl (C=O) groups excluding carboxylic acids is 2. The van der Waals surface area contributed by atoms with Crippen LogP contribution in [0.25, 0.3) is 11.0 Å². The molecular formula is C24H29N7O6. The SMILES string of the molecule is CCn1nc(C)cc1C(=O)Nc1nc2cc(C(N)=O)cc(OC3CCOC3)c2n1CC=CCNC(=O)O. The van der Waals surface area contributed by atoms with Gasteiger partial charge in [-0.15, -0.1) is 0 Å². The van der Waals surface area contributed by atoms with Gasteiger partial charge in [0.05, 0.1) is 24.4 Å². The van der Waals surface area contributed by atoms with Gasteiger partial charge in [-0.1, -0.05) is 12.2 Å². The number of nitrogens with two attached hydrogens (primary N) is 1. The minimum absolute atomic E-state index is 0.104. The number of rotatable bonds is 10. The van der Waals surface area contributed by atoms with Crippen molar-refractivity contribution in [3.8, 4) is 5.75 Å². The van der Waals surface area contributed by atoms with Gasteiger partial charge in [0.15, 0.2) is 0 Å². The number of fused-ring (bicyclic) bond motifs is 1. The van der Waals surface area contributed by atoms with Crippen LogP contribution in [0.5, 0.6) is 5.75 Å². The van der Waals surface area contributed by atoms with Crippen LogP contribution < -0.4 is 21.1 Å². The van der Waals surface area contributed by atoms with Crippen molar-refractivity contribution in [3.05, 3.63) is 47.3 Å². The molecule has 5 N–H and O–H groups in total. The Bertz CT molecular complexity index is 1350. The van der Waals surface area contributed by atoms with E-state index in [9.17, 15) is 14.4 Å². The Labute approximate surface area is 212 Å². The number of hydrogen-bond acceptors (Lipinski definition) is 7. The van der Waals surface area contributed by atoms with Crippen LogP contribution in [-0.4, -0.2) is 68.2 Å². The van der Waals surface area contributed by atoms with Crippen molar-refractivity contribution in [1.29, 1.82) is 0 Å². The van der Waals surface area contributed by atoms with Crippen LogP contribution in [0.2, 0.25) is 0 Å². The molecule has 3 aromatic rings. The summed E-state index contributed by atoms with van der Waals surface area (Å²) in [6.07, 6.45) is 2.70. The van der Waals surface area contributed by atoms with E-state index >= 15 is 0 Å². The van der Waals surface area contributed by atoms with Crippen molar-refractivity contribution >= 4 is 34.9 Å². The number of ether oxygens (including phenoxy) is 2. The maximum absolute atomic E-state index is 13.2. The van der Waals surface area contributed by atoms with Crippen molar-refractivity contribution in [2.45, 2.75) is 39.5 Å². The lowest BCUT2D eigenvalue weighted by molar-refractivity contribution is 0.0995. The predicted octanol–water partition coefficient (Wildman–Crippen LogP) is 1.90. The van der Waals surface area contributed by atoms with E-state index in [1.807, 2.05) is 6.92 Å². The van der Waals surface area contributed by atoms with Gasteiger partial charge in [0.25, 0.3) is 5.91 Å². The number of anilines is 1. The topological polar surface area (TPSA) is 176 Å². The lowest BCUT2D eigenvalue weighted by Gasteiger charge is -2.16. The first-order valence-corrected chi connectivity index (χ1v) is 11.8. The van der Waals surface area contributed by atoms with Crippen molar-refractivity contribution in [2.24, 2.45) is 5.73 Å². The smallest absolute Gasteiger partial charge is 0.404 e. The fourth-order valence-corrected chi connectivity index (χ4v) is 4.07. The molecule has 1 atom stereocenters. The molecule has 1 aliphatic rings. The Morgan fingerprint density at radius 1 is 1.30 bits per heavy atom. The normalized spacial score (nSPS) is 15.4. The summed E-state index contributed by atoms with van der Waals surface area (Å²) in [5.74, 6) is -0.457. The summed E-state index contributed by atoms with van der Waals surface area (Å²) in [6, 6.07) is 4.78. The van der Waals surface area contributed by atoms with E-state index in [1.54, 1.807) is 40.5 Å². The number of imidazole rings is 1. The maximum atomic E-state index is 13.2. The first-order chi connectivity index (χ1) is 17.8. The predicted molar refractivity (Wildman–Crippen MR) is 134 cm³/mol. The van der Waals surface area contributed by atoms with Crippen molar-refractivity contribution in [2.75, 3.05) is 25.1 Å². The van der Waals surface area contributed by atoms with E-state index in [-0.39, 0.29) is 30.7 Å². The highest BCUT2D eigenvalue weighted by Crippen LogP contribution is 2.32. The number of hydrogen-bond donors (Lipinski definition) is 4. The molecule has 2 aromatic heterocycles. The molecular weight excluding hydrogens is 482 g/mol. The van der Waals surface area contributed by atoms with Gasteiger partial charge in [-0.3, -0.25) is 19.6 Å². The number of primary amides is 1. The minimum atomic E-state index is -1.14. The molecule has 13 heteroatoms. The monoisotopic (exact) mass is 511 g/mol. The first-order valence-electron chi connectivity index (χ1n) is 11.8. The average molecular weight is 512 g/mol. The molecule has 0 saturated carbocycles. The number of allylic oxidation sites excluding steroid dienone is 1. The van der Waals surface area contributed by atoms with E-state index in [1.165, 1.54) is 6.07 Å². The summed E-state index contributed by atoms with van der Waals surface area (Å²) in [7, 11) is 0. The molecule has 0 bridgehead atoms. The zero-order valence-corrected chi connectivity index (χ0v) is 20.6. The molecule has 4 rings (SSSR count). The van der Waals surface area contributed by atoms with Gasteiger partial charge in [-0.2, -0.15) is 5.10 Å². The van der Waals surface area contributed by atoms with Crippen LogP contribution in [0.3, 0.4) is 0 Å².